The minimum atomic E-state index is -4.87. The van der Waals surface area contributed by atoms with Crippen LogP contribution in [0.5, 0.6) is 0 Å². The number of nitrogens with one attached hydrogen (secondary N) is 2. The number of aromatic nitrogens is 3. The fourth-order valence-electron chi connectivity index (χ4n) is 6.60. The Morgan fingerprint density at radius 1 is 1.04 bits per heavy atom. The lowest BCUT2D eigenvalue weighted by atomic mass is 9.88. The number of ether oxygens (including phenoxy) is 1. The number of carbonyl (C=O) groups excluding carboxylic acids is 1. The SMILES string of the molecule is C[Si](C)(C)CCOCn1cc(-c2cc(Nc3nccc4c(C(F)(F)F)cc(F)cc34)c3c4c2CCN4C(=O)NC3c2cc(F)ccc2Cl)c(F)n1. The van der Waals surface area contributed by atoms with Gasteiger partial charge in [-0.15, -0.1) is 5.10 Å². The third-order valence-electron chi connectivity index (χ3n) is 9.00. The molecule has 0 fully saturated rings. The molecule has 4 heterocycles. The first kappa shape index (κ1) is 34.8. The van der Waals surface area contributed by atoms with E-state index in [1.807, 2.05) is 0 Å². The van der Waals surface area contributed by atoms with Gasteiger partial charge in [-0.2, -0.15) is 17.6 Å². The lowest BCUT2D eigenvalue weighted by Crippen LogP contribution is -2.46. The average Bonchev–Trinajstić information content (AvgIpc) is 3.66. The maximum absolute atomic E-state index is 15.7. The number of amides is 2. The minimum absolute atomic E-state index is 0.00547. The monoisotopic (exact) mass is 744 g/mol. The molecule has 5 aromatic rings. The Bertz CT molecular complexity index is 2200. The van der Waals surface area contributed by atoms with Crippen LogP contribution in [-0.4, -0.2) is 42.0 Å². The number of pyridine rings is 1. The molecule has 1 atom stereocenters. The lowest BCUT2D eigenvalue weighted by Gasteiger charge is -2.35. The molecule has 0 aliphatic carbocycles. The van der Waals surface area contributed by atoms with Crippen molar-refractivity contribution in [2.75, 3.05) is 23.4 Å². The highest BCUT2D eigenvalue weighted by molar-refractivity contribution is 6.76. The second kappa shape index (κ2) is 12.9. The van der Waals surface area contributed by atoms with E-state index in [0.29, 0.717) is 41.5 Å². The zero-order valence-corrected chi connectivity index (χ0v) is 29.3. The van der Waals surface area contributed by atoms with Crippen molar-refractivity contribution in [2.45, 2.75) is 51.1 Å². The molecule has 0 radical (unpaired) electrons. The highest BCUT2D eigenvalue weighted by Crippen LogP contribution is 2.51. The number of nitrogens with zero attached hydrogens (tertiary/aromatic N) is 4. The molecule has 0 bridgehead atoms. The van der Waals surface area contributed by atoms with Crippen LogP contribution < -0.4 is 15.5 Å². The standard InChI is InChI=1S/C35H31ClF6N6O2Si/c1-51(2,3)11-10-50-17-47-16-25(32(39)46-47)22-15-28(44-33-23-13-19(38)14-26(35(40,41)42)20(23)6-8-43-33)29-30(24-12-18(37)4-5-27(24)36)45-34(49)48-9-7-21(22)31(29)48/h4-6,8,12-16,30H,7,9-11,17H2,1-3H3,(H,43,44)(H,45,49). The summed E-state index contributed by atoms with van der Waals surface area (Å²) < 4.78 is 94.2. The Kier molecular flexibility index (Phi) is 8.79. The maximum atomic E-state index is 15.7. The number of urea groups is 1. The van der Waals surface area contributed by atoms with Gasteiger partial charge in [-0.05, 0) is 71.4 Å². The largest absolute Gasteiger partial charge is 0.417 e. The maximum Gasteiger partial charge on any atom is 0.417 e. The van der Waals surface area contributed by atoms with E-state index in [0.717, 1.165) is 30.4 Å². The van der Waals surface area contributed by atoms with Crippen LogP contribution in [0.3, 0.4) is 0 Å². The van der Waals surface area contributed by atoms with E-state index in [2.05, 4.69) is 40.4 Å². The van der Waals surface area contributed by atoms with Gasteiger partial charge in [-0.25, -0.2) is 23.2 Å². The lowest BCUT2D eigenvalue weighted by molar-refractivity contribution is -0.136. The van der Waals surface area contributed by atoms with Gasteiger partial charge in [0.2, 0.25) is 5.95 Å². The van der Waals surface area contributed by atoms with Crippen LogP contribution in [0.25, 0.3) is 21.9 Å². The molecule has 266 valence electrons. The van der Waals surface area contributed by atoms with E-state index < -0.39 is 49.5 Å². The first-order valence-corrected chi connectivity index (χ1v) is 20.1. The molecule has 2 amide bonds. The van der Waals surface area contributed by atoms with Gasteiger partial charge in [0.05, 0.1) is 22.9 Å². The Morgan fingerprint density at radius 2 is 1.82 bits per heavy atom. The van der Waals surface area contributed by atoms with Gasteiger partial charge in [0.15, 0.2) is 0 Å². The average molecular weight is 745 g/mol. The summed E-state index contributed by atoms with van der Waals surface area (Å²) in [5.41, 5.74) is 1.01. The highest BCUT2D eigenvalue weighted by Gasteiger charge is 2.41. The van der Waals surface area contributed by atoms with Crippen LogP contribution in [0.2, 0.25) is 30.7 Å². The zero-order valence-electron chi connectivity index (χ0n) is 27.6. The van der Waals surface area contributed by atoms with E-state index in [1.54, 1.807) is 6.07 Å². The van der Waals surface area contributed by atoms with E-state index >= 15 is 4.39 Å². The van der Waals surface area contributed by atoms with Crippen LogP contribution in [0.4, 0.5) is 48.3 Å². The van der Waals surface area contributed by atoms with Crippen LogP contribution in [0.1, 0.15) is 28.3 Å². The van der Waals surface area contributed by atoms with E-state index in [1.165, 1.54) is 27.9 Å². The van der Waals surface area contributed by atoms with Crippen molar-refractivity contribution in [3.63, 3.8) is 0 Å². The molecule has 1 unspecified atom stereocenters. The molecule has 0 spiro atoms. The number of halogens is 7. The molecule has 51 heavy (non-hydrogen) atoms. The van der Waals surface area contributed by atoms with E-state index in [4.69, 9.17) is 16.3 Å². The normalized spacial score (nSPS) is 15.8. The number of fused-ring (bicyclic) bond motifs is 1. The van der Waals surface area contributed by atoms with Crippen molar-refractivity contribution in [1.82, 2.24) is 20.1 Å². The number of hydrogen-bond donors (Lipinski definition) is 2. The summed E-state index contributed by atoms with van der Waals surface area (Å²) >= 11 is 6.55. The second-order valence-electron chi connectivity index (χ2n) is 13.7. The fraction of sp³-hybridized carbons (Fsp3) is 0.286. The first-order valence-electron chi connectivity index (χ1n) is 16.1. The van der Waals surface area contributed by atoms with Crippen molar-refractivity contribution in [1.29, 1.82) is 0 Å². The molecule has 2 aliphatic rings. The van der Waals surface area contributed by atoms with Crippen molar-refractivity contribution < 1.29 is 35.9 Å². The predicted molar refractivity (Wildman–Crippen MR) is 185 cm³/mol. The zero-order chi connectivity index (χ0) is 36.4. The molecule has 3 aromatic carbocycles. The van der Waals surface area contributed by atoms with E-state index in [9.17, 15) is 26.7 Å². The van der Waals surface area contributed by atoms with Crippen molar-refractivity contribution in [3.8, 4) is 11.1 Å². The molecule has 2 aromatic heterocycles. The summed E-state index contributed by atoms with van der Waals surface area (Å²) in [5.74, 6) is -2.71. The van der Waals surface area contributed by atoms with Gasteiger partial charge in [0.1, 0.15) is 24.2 Å². The number of anilines is 3. The summed E-state index contributed by atoms with van der Waals surface area (Å²) in [6.45, 7) is 7.33. The molecular weight excluding hydrogens is 714 g/mol. The minimum Gasteiger partial charge on any atom is -0.360 e. The summed E-state index contributed by atoms with van der Waals surface area (Å²) in [7, 11) is -1.37. The molecule has 0 saturated heterocycles. The molecule has 2 N–H and O–H groups in total. The Morgan fingerprint density at radius 3 is 2.57 bits per heavy atom. The van der Waals surface area contributed by atoms with Crippen LogP contribution in [-0.2, 0) is 24.1 Å². The van der Waals surface area contributed by atoms with Crippen LogP contribution >= 0.6 is 11.6 Å². The fourth-order valence-corrected chi connectivity index (χ4v) is 7.58. The van der Waals surface area contributed by atoms with Gasteiger partial charge >= 0.3 is 12.2 Å². The van der Waals surface area contributed by atoms with Gasteiger partial charge in [-0.3, -0.25) is 4.90 Å². The predicted octanol–water partition coefficient (Wildman–Crippen LogP) is 9.42. The van der Waals surface area contributed by atoms with Gasteiger partial charge < -0.3 is 15.4 Å². The Balaban J connectivity index is 1.42. The molecule has 8 nitrogen and oxygen atoms in total. The quantitative estimate of drug-likeness (QED) is 0.0893. The Hall–Kier alpha value is -4.60. The number of carbonyl (C=O) groups is 1. The summed E-state index contributed by atoms with van der Waals surface area (Å²) in [6.07, 6.45) is -1.91. The Labute approximate surface area is 294 Å². The smallest absolute Gasteiger partial charge is 0.360 e. The topological polar surface area (TPSA) is 84.3 Å². The molecule has 16 heteroatoms. The highest BCUT2D eigenvalue weighted by atomic mass is 35.5. The third-order valence-corrected chi connectivity index (χ3v) is 11.0. The van der Waals surface area contributed by atoms with E-state index in [-0.39, 0.29) is 51.7 Å². The van der Waals surface area contributed by atoms with Gasteiger partial charge in [0.25, 0.3) is 0 Å². The third kappa shape index (κ3) is 6.65. The molecule has 7 rings (SSSR count). The number of benzene rings is 3. The first-order chi connectivity index (χ1) is 24.1. The van der Waals surface area contributed by atoms with Crippen molar-refractivity contribution >= 4 is 53.7 Å². The van der Waals surface area contributed by atoms with Gasteiger partial charge in [0, 0.05) is 60.8 Å². The summed E-state index contributed by atoms with van der Waals surface area (Å²) in [4.78, 5) is 19.3. The second-order valence-corrected chi connectivity index (χ2v) is 19.7. The number of hydrogen-bond acceptors (Lipinski definition) is 5. The summed E-state index contributed by atoms with van der Waals surface area (Å²) in [6, 6.07) is 7.08. The number of rotatable bonds is 9. The van der Waals surface area contributed by atoms with Gasteiger partial charge in [-0.1, -0.05) is 31.2 Å². The molecule has 0 saturated carbocycles. The summed E-state index contributed by atoms with van der Waals surface area (Å²) in [5, 5.41) is 9.61. The molecule has 2 aliphatic heterocycles. The molecular formula is C35H31ClF6N6O2Si. The van der Waals surface area contributed by atoms with Crippen molar-refractivity contribution in [3.05, 3.63) is 99.7 Å². The van der Waals surface area contributed by atoms with Crippen LogP contribution in [0.15, 0.2) is 54.9 Å². The van der Waals surface area contributed by atoms with Crippen LogP contribution in [0, 0.1) is 17.6 Å². The van der Waals surface area contributed by atoms with Crippen molar-refractivity contribution in [2.24, 2.45) is 0 Å². The number of alkyl halides is 3.